The Hall–Kier alpha value is -7.48. The molecule has 0 saturated carbocycles. The zero-order valence-electron chi connectivity index (χ0n) is 31.3. The van der Waals surface area contributed by atoms with E-state index in [9.17, 15) is 0 Å². The third kappa shape index (κ3) is 5.55. The summed E-state index contributed by atoms with van der Waals surface area (Å²) in [5.41, 5.74) is 13.4. The van der Waals surface area contributed by atoms with Crippen LogP contribution < -0.4 is 0 Å². The van der Waals surface area contributed by atoms with Gasteiger partial charge in [-0.2, -0.15) is 0 Å². The minimum atomic E-state index is 1.17. The standard InChI is InChI=1S/C56H37N/c1-3-15-39(16-4-1)45-35-33-40(44-19-7-8-20-46(44)45)30-27-38-28-31-41(32-29-38)55-49-22-9-11-24-51(49)56(52-25-12-10-23-50(52)55)42-34-36-48-47-21-13-14-26-53(47)57(54(48)37-42)43-17-5-2-6-18-43/h1-37H/b30-27+. The summed E-state index contributed by atoms with van der Waals surface area (Å²) < 4.78 is 2.41. The summed E-state index contributed by atoms with van der Waals surface area (Å²) >= 11 is 0. The minimum absolute atomic E-state index is 1.17. The van der Waals surface area contributed by atoms with Gasteiger partial charge in [0.05, 0.1) is 11.0 Å². The van der Waals surface area contributed by atoms with Gasteiger partial charge in [-0.15, -0.1) is 0 Å². The normalized spacial score (nSPS) is 11.8. The van der Waals surface area contributed by atoms with Crippen LogP contribution in [0, 0.1) is 0 Å². The predicted molar refractivity (Wildman–Crippen MR) is 245 cm³/mol. The van der Waals surface area contributed by atoms with E-state index >= 15 is 0 Å². The second kappa shape index (κ2) is 13.7. The lowest BCUT2D eigenvalue weighted by Gasteiger charge is -2.18. The zero-order chi connectivity index (χ0) is 37.7. The number of para-hydroxylation sites is 2. The van der Waals surface area contributed by atoms with Crippen LogP contribution >= 0.6 is 0 Å². The first-order valence-corrected chi connectivity index (χ1v) is 19.7. The van der Waals surface area contributed by atoms with Gasteiger partial charge in [-0.05, 0) is 101 Å². The van der Waals surface area contributed by atoms with E-state index in [1.807, 2.05) is 0 Å². The molecule has 0 spiro atoms. The number of fused-ring (bicyclic) bond motifs is 6. The topological polar surface area (TPSA) is 4.93 Å². The molecule has 0 aliphatic heterocycles. The Morgan fingerprint density at radius 3 is 1.47 bits per heavy atom. The van der Waals surface area contributed by atoms with Gasteiger partial charge < -0.3 is 4.57 Å². The molecule has 57 heavy (non-hydrogen) atoms. The molecule has 0 aliphatic rings. The molecule has 11 aromatic rings. The Balaban J connectivity index is 1.02. The molecule has 0 fully saturated rings. The number of benzene rings is 10. The Bertz CT molecular complexity index is 3260. The molecule has 266 valence electrons. The van der Waals surface area contributed by atoms with Crippen LogP contribution in [0.5, 0.6) is 0 Å². The first-order valence-electron chi connectivity index (χ1n) is 19.7. The smallest absolute Gasteiger partial charge is 0.0547 e. The monoisotopic (exact) mass is 723 g/mol. The van der Waals surface area contributed by atoms with Crippen LogP contribution in [-0.2, 0) is 0 Å². The summed E-state index contributed by atoms with van der Waals surface area (Å²) in [5.74, 6) is 0. The molecule has 0 atom stereocenters. The molecule has 0 unspecified atom stereocenters. The third-order valence-electron chi connectivity index (χ3n) is 11.6. The Labute approximate surface area is 332 Å². The second-order valence-electron chi connectivity index (χ2n) is 14.8. The fourth-order valence-corrected chi connectivity index (χ4v) is 9.02. The average Bonchev–Trinajstić information content (AvgIpc) is 3.62. The highest BCUT2D eigenvalue weighted by Gasteiger charge is 2.19. The van der Waals surface area contributed by atoms with Crippen LogP contribution in [-0.4, -0.2) is 4.57 Å². The highest BCUT2D eigenvalue weighted by molar-refractivity contribution is 6.22. The molecule has 0 saturated heterocycles. The molecule has 0 radical (unpaired) electrons. The van der Waals surface area contributed by atoms with Crippen molar-refractivity contribution in [3.05, 3.63) is 223 Å². The van der Waals surface area contributed by atoms with Crippen molar-refractivity contribution in [3.63, 3.8) is 0 Å². The van der Waals surface area contributed by atoms with Gasteiger partial charge in [-0.3, -0.25) is 0 Å². The summed E-state index contributed by atoms with van der Waals surface area (Å²) in [7, 11) is 0. The van der Waals surface area contributed by atoms with Gasteiger partial charge in [0, 0.05) is 16.5 Å². The van der Waals surface area contributed by atoms with Gasteiger partial charge in [0.2, 0.25) is 0 Å². The van der Waals surface area contributed by atoms with E-state index in [0.29, 0.717) is 0 Å². The van der Waals surface area contributed by atoms with Gasteiger partial charge in [0.25, 0.3) is 0 Å². The summed E-state index contributed by atoms with van der Waals surface area (Å²) in [6.45, 7) is 0. The van der Waals surface area contributed by atoms with E-state index in [-0.39, 0.29) is 0 Å². The van der Waals surface area contributed by atoms with Crippen LogP contribution in [0.15, 0.2) is 212 Å². The number of hydrogen-bond acceptors (Lipinski definition) is 0. The van der Waals surface area contributed by atoms with Crippen molar-refractivity contribution >= 4 is 66.3 Å². The van der Waals surface area contributed by atoms with Crippen LogP contribution in [0.25, 0.3) is 105 Å². The Morgan fingerprint density at radius 1 is 0.298 bits per heavy atom. The van der Waals surface area contributed by atoms with Crippen molar-refractivity contribution < 1.29 is 0 Å². The van der Waals surface area contributed by atoms with Gasteiger partial charge in [-0.1, -0.05) is 200 Å². The summed E-state index contributed by atoms with van der Waals surface area (Å²) in [5, 5.41) is 10.1. The number of aromatic nitrogens is 1. The van der Waals surface area contributed by atoms with E-state index in [1.165, 1.54) is 104 Å². The van der Waals surface area contributed by atoms with E-state index in [1.54, 1.807) is 0 Å². The molecule has 11 rings (SSSR count). The molecule has 1 aromatic heterocycles. The number of rotatable bonds is 6. The average molecular weight is 724 g/mol. The van der Waals surface area contributed by atoms with Crippen molar-refractivity contribution in [2.45, 2.75) is 0 Å². The van der Waals surface area contributed by atoms with Crippen LogP contribution in [0.2, 0.25) is 0 Å². The molecule has 1 heteroatoms. The molecule has 0 amide bonds. The highest BCUT2D eigenvalue weighted by Crippen LogP contribution is 2.45. The molecule has 0 N–H and O–H groups in total. The van der Waals surface area contributed by atoms with Crippen LogP contribution in [0.1, 0.15) is 11.1 Å². The van der Waals surface area contributed by atoms with Gasteiger partial charge >= 0.3 is 0 Å². The lowest BCUT2D eigenvalue weighted by molar-refractivity contribution is 1.18. The van der Waals surface area contributed by atoms with Gasteiger partial charge in [0.15, 0.2) is 0 Å². The van der Waals surface area contributed by atoms with E-state index in [4.69, 9.17) is 0 Å². The molecule has 0 aliphatic carbocycles. The summed E-state index contributed by atoms with van der Waals surface area (Å²) in [4.78, 5) is 0. The molecule has 1 heterocycles. The number of hydrogen-bond donors (Lipinski definition) is 0. The summed E-state index contributed by atoms with van der Waals surface area (Å²) in [6, 6.07) is 77.3. The first-order chi connectivity index (χ1) is 28.3. The van der Waals surface area contributed by atoms with Crippen molar-refractivity contribution in [1.82, 2.24) is 4.57 Å². The minimum Gasteiger partial charge on any atom is -0.309 e. The number of nitrogens with zero attached hydrogens (tertiary/aromatic N) is 1. The van der Waals surface area contributed by atoms with Crippen molar-refractivity contribution in [2.24, 2.45) is 0 Å². The first kappa shape index (κ1) is 32.9. The Kier molecular flexibility index (Phi) is 7.89. The molecular formula is C56H37N. The van der Waals surface area contributed by atoms with Crippen LogP contribution in [0.4, 0.5) is 0 Å². The highest BCUT2D eigenvalue weighted by atomic mass is 15.0. The second-order valence-corrected chi connectivity index (χ2v) is 14.8. The predicted octanol–water partition coefficient (Wildman–Crippen LogP) is 15.4. The largest absolute Gasteiger partial charge is 0.309 e. The molecule has 0 bridgehead atoms. The molecular weight excluding hydrogens is 687 g/mol. The third-order valence-corrected chi connectivity index (χ3v) is 11.6. The van der Waals surface area contributed by atoms with E-state index < -0.39 is 0 Å². The van der Waals surface area contributed by atoms with Gasteiger partial charge in [0.1, 0.15) is 0 Å². The van der Waals surface area contributed by atoms with E-state index in [0.717, 1.165) is 0 Å². The maximum Gasteiger partial charge on any atom is 0.0547 e. The SMILES string of the molecule is C(=C\c1ccc(-c2ccccc2)c2ccccc12)/c1ccc(-c2c3ccccc3c(-c3ccc4c5ccccc5n(-c5ccccc5)c4c3)c3ccccc23)cc1. The lowest BCUT2D eigenvalue weighted by atomic mass is 9.85. The fourth-order valence-electron chi connectivity index (χ4n) is 9.02. The maximum absolute atomic E-state index is 2.41. The van der Waals surface area contributed by atoms with Crippen molar-refractivity contribution in [1.29, 1.82) is 0 Å². The maximum atomic E-state index is 2.41. The lowest BCUT2D eigenvalue weighted by Crippen LogP contribution is -1.94. The Morgan fingerprint density at radius 2 is 0.807 bits per heavy atom. The zero-order valence-corrected chi connectivity index (χ0v) is 31.3. The fraction of sp³-hybridized carbons (Fsp3) is 0. The molecule has 10 aromatic carbocycles. The molecule has 1 nitrogen and oxygen atoms in total. The summed E-state index contributed by atoms with van der Waals surface area (Å²) in [6.07, 6.45) is 4.48. The van der Waals surface area contributed by atoms with Crippen molar-refractivity contribution in [2.75, 3.05) is 0 Å². The quantitative estimate of drug-likeness (QED) is 0.119. The van der Waals surface area contributed by atoms with Crippen molar-refractivity contribution in [3.8, 4) is 39.1 Å². The van der Waals surface area contributed by atoms with Crippen LogP contribution in [0.3, 0.4) is 0 Å². The van der Waals surface area contributed by atoms with E-state index in [2.05, 4.69) is 229 Å². The van der Waals surface area contributed by atoms with Gasteiger partial charge in [-0.25, -0.2) is 0 Å².